The number of carbonyl (C=O) groups excluding carboxylic acids is 1. The van der Waals surface area contributed by atoms with Crippen LogP contribution in [0.5, 0.6) is 5.75 Å². The molecule has 0 saturated heterocycles. The quantitative estimate of drug-likeness (QED) is 0.735. The molecule has 140 valence electrons. The van der Waals surface area contributed by atoms with E-state index in [-0.39, 0.29) is 17.8 Å². The summed E-state index contributed by atoms with van der Waals surface area (Å²) < 4.78 is 20.1. The van der Waals surface area contributed by atoms with Crippen LogP contribution in [-0.2, 0) is 4.79 Å². The highest BCUT2D eigenvalue weighted by molar-refractivity contribution is 5.98. The van der Waals surface area contributed by atoms with Gasteiger partial charge in [-0.2, -0.15) is 0 Å². The molecule has 0 radical (unpaired) electrons. The highest BCUT2D eigenvalue weighted by Crippen LogP contribution is 2.38. The second kappa shape index (κ2) is 6.57. The number of nitrogens with zero attached hydrogens (tertiary/aromatic N) is 2. The molecule has 0 fully saturated rings. The van der Waals surface area contributed by atoms with Crippen LogP contribution in [0.25, 0.3) is 11.0 Å². The Labute approximate surface area is 156 Å². The normalized spacial score (nSPS) is 15.9. The highest BCUT2D eigenvalue weighted by Gasteiger charge is 2.26. The van der Waals surface area contributed by atoms with Gasteiger partial charge in [0.25, 0.3) is 0 Å². The van der Waals surface area contributed by atoms with E-state index in [0.717, 1.165) is 28.2 Å². The Morgan fingerprint density at radius 1 is 1.41 bits per heavy atom. The van der Waals surface area contributed by atoms with Crippen LogP contribution in [0, 0.1) is 12.7 Å². The summed E-state index contributed by atoms with van der Waals surface area (Å²) in [7, 11) is 1.72. The molecule has 4 rings (SSSR count). The zero-order chi connectivity index (χ0) is 19.1. The number of imidazole rings is 1. The van der Waals surface area contributed by atoms with E-state index >= 15 is 0 Å². The molecule has 1 aliphatic rings. The molecule has 0 saturated carbocycles. The van der Waals surface area contributed by atoms with Gasteiger partial charge < -0.3 is 19.9 Å². The van der Waals surface area contributed by atoms with E-state index in [9.17, 15) is 9.18 Å². The van der Waals surface area contributed by atoms with Crippen molar-refractivity contribution < 1.29 is 13.9 Å². The van der Waals surface area contributed by atoms with Crippen LogP contribution in [0.4, 0.5) is 15.8 Å². The summed E-state index contributed by atoms with van der Waals surface area (Å²) in [6.45, 7) is 3.89. The molecule has 6 nitrogen and oxygen atoms in total. The molecule has 27 heavy (non-hydrogen) atoms. The van der Waals surface area contributed by atoms with Gasteiger partial charge in [0, 0.05) is 26.1 Å². The van der Waals surface area contributed by atoms with Crippen molar-refractivity contribution in [3.8, 4) is 5.75 Å². The Balaban J connectivity index is 1.80. The van der Waals surface area contributed by atoms with Crippen molar-refractivity contribution in [2.45, 2.75) is 26.3 Å². The second-order valence-electron chi connectivity index (χ2n) is 6.78. The highest BCUT2D eigenvalue weighted by atomic mass is 19.1. The van der Waals surface area contributed by atoms with Crippen LogP contribution in [0.2, 0.25) is 0 Å². The fourth-order valence-corrected chi connectivity index (χ4v) is 3.46. The Morgan fingerprint density at radius 3 is 3.00 bits per heavy atom. The number of hydrogen-bond acceptors (Lipinski definition) is 4. The van der Waals surface area contributed by atoms with Gasteiger partial charge in [0.15, 0.2) is 0 Å². The fraction of sp³-hybridized carbons (Fsp3) is 0.300. The van der Waals surface area contributed by atoms with Crippen LogP contribution >= 0.6 is 0 Å². The molecule has 2 N–H and O–H groups in total. The molecule has 1 unspecified atom stereocenters. The summed E-state index contributed by atoms with van der Waals surface area (Å²) in [5.41, 5.74) is 3.59. The third-order valence-corrected chi connectivity index (χ3v) is 4.90. The number of aryl methyl sites for hydroxylation is 1. The molecule has 0 spiro atoms. The number of anilines is 2. The lowest BCUT2D eigenvalue weighted by Crippen LogP contribution is -2.24. The Hall–Kier alpha value is -3.09. The molecule has 2 aromatic carbocycles. The summed E-state index contributed by atoms with van der Waals surface area (Å²) in [4.78, 5) is 21.1. The van der Waals surface area contributed by atoms with Gasteiger partial charge >= 0.3 is 0 Å². The van der Waals surface area contributed by atoms with E-state index in [1.807, 2.05) is 19.1 Å². The van der Waals surface area contributed by atoms with Crippen molar-refractivity contribution in [3.05, 3.63) is 47.5 Å². The van der Waals surface area contributed by atoms with E-state index in [0.29, 0.717) is 24.3 Å². The molecule has 3 aromatic rings. The van der Waals surface area contributed by atoms with E-state index < -0.39 is 0 Å². The Morgan fingerprint density at radius 2 is 2.22 bits per heavy atom. The minimum Gasteiger partial charge on any atom is -0.493 e. The minimum atomic E-state index is -0.295. The fourth-order valence-electron chi connectivity index (χ4n) is 3.46. The van der Waals surface area contributed by atoms with Crippen LogP contribution in [0.3, 0.4) is 0 Å². The van der Waals surface area contributed by atoms with Gasteiger partial charge in [-0.25, -0.2) is 9.37 Å². The summed E-state index contributed by atoms with van der Waals surface area (Å²) in [6.07, 6.45) is 0.631. The topological polar surface area (TPSA) is 70.2 Å². The van der Waals surface area contributed by atoms with Crippen molar-refractivity contribution in [1.29, 1.82) is 0 Å². The smallest absolute Gasteiger partial charge is 0.223 e. The SMILES string of the molecule is CC(=O)N(C)c1cc(NC2CCOc3cccc(F)c32)c2nc(C)[nH]c2c1. The van der Waals surface area contributed by atoms with Crippen molar-refractivity contribution >= 4 is 28.3 Å². The number of hydrogen-bond donors (Lipinski definition) is 2. The summed E-state index contributed by atoms with van der Waals surface area (Å²) in [6, 6.07) is 8.39. The standard InChI is InChI=1S/C20H21FN4O2/c1-11-22-16-9-13(25(3)12(2)26)10-17(20(16)23-11)24-15-7-8-27-18-6-4-5-14(21)19(15)18/h4-6,9-10,15,24H,7-8H2,1-3H3,(H,22,23). The van der Waals surface area contributed by atoms with Crippen molar-refractivity contribution in [2.75, 3.05) is 23.9 Å². The number of halogens is 1. The van der Waals surface area contributed by atoms with Gasteiger partial charge in [0.2, 0.25) is 5.91 Å². The number of benzene rings is 2. The van der Waals surface area contributed by atoms with Crippen LogP contribution < -0.4 is 15.0 Å². The summed E-state index contributed by atoms with van der Waals surface area (Å²) >= 11 is 0. The first-order valence-electron chi connectivity index (χ1n) is 8.86. The van der Waals surface area contributed by atoms with E-state index in [1.54, 1.807) is 24.1 Å². The predicted octanol–water partition coefficient (Wildman–Crippen LogP) is 3.93. The first-order valence-corrected chi connectivity index (χ1v) is 8.86. The number of carbonyl (C=O) groups is 1. The van der Waals surface area contributed by atoms with Crippen LogP contribution in [-0.4, -0.2) is 29.5 Å². The van der Waals surface area contributed by atoms with Gasteiger partial charge in [-0.3, -0.25) is 4.79 Å². The molecule has 7 heteroatoms. The predicted molar refractivity (Wildman–Crippen MR) is 103 cm³/mol. The van der Waals surface area contributed by atoms with Crippen LogP contribution in [0.15, 0.2) is 30.3 Å². The first kappa shape index (κ1) is 17.3. The average Bonchev–Trinajstić information content (AvgIpc) is 3.01. The third kappa shape index (κ3) is 3.09. The monoisotopic (exact) mass is 368 g/mol. The zero-order valence-electron chi connectivity index (χ0n) is 15.5. The minimum absolute atomic E-state index is 0.0704. The molecular formula is C20H21FN4O2. The van der Waals surface area contributed by atoms with Gasteiger partial charge in [0.05, 0.1) is 29.4 Å². The molecule has 0 aliphatic carbocycles. The van der Waals surface area contributed by atoms with Gasteiger partial charge in [0.1, 0.15) is 22.9 Å². The number of fused-ring (bicyclic) bond motifs is 2. The Kier molecular flexibility index (Phi) is 4.22. The number of ether oxygens (including phenoxy) is 1. The zero-order valence-corrected chi connectivity index (χ0v) is 15.5. The maximum absolute atomic E-state index is 14.5. The summed E-state index contributed by atoms with van der Waals surface area (Å²) in [5.74, 6) is 0.967. The van der Waals surface area contributed by atoms with Gasteiger partial charge in [-0.1, -0.05) is 6.07 Å². The third-order valence-electron chi connectivity index (χ3n) is 4.90. The number of aromatic amines is 1. The second-order valence-corrected chi connectivity index (χ2v) is 6.78. The number of H-pyrrole nitrogens is 1. The molecular weight excluding hydrogens is 347 g/mol. The lowest BCUT2D eigenvalue weighted by Gasteiger charge is -2.28. The molecule has 2 heterocycles. The number of nitrogens with one attached hydrogen (secondary N) is 2. The van der Waals surface area contributed by atoms with Gasteiger partial charge in [-0.15, -0.1) is 0 Å². The first-order chi connectivity index (χ1) is 12.9. The number of amides is 1. The maximum atomic E-state index is 14.5. The van der Waals surface area contributed by atoms with Gasteiger partial charge in [-0.05, 0) is 31.2 Å². The van der Waals surface area contributed by atoms with Crippen molar-refractivity contribution in [3.63, 3.8) is 0 Å². The molecule has 1 atom stereocenters. The van der Waals surface area contributed by atoms with Crippen molar-refractivity contribution in [1.82, 2.24) is 9.97 Å². The molecule has 0 bridgehead atoms. The number of rotatable bonds is 3. The number of aromatic nitrogens is 2. The molecule has 1 aromatic heterocycles. The molecule has 1 aliphatic heterocycles. The lowest BCUT2D eigenvalue weighted by molar-refractivity contribution is -0.116. The van der Waals surface area contributed by atoms with E-state index in [2.05, 4.69) is 15.3 Å². The summed E-state index contributed by atoms with van der Waals surface area (Å²) in [5, 5.41) is 3.43. The van der Waals surface area contributed by atoms with E-state index in [4.69, 9.17) is 4.74 Å². The van der Waals surface area contributed by atoms with E-state index in [1.165, 1.54) is 13.0 Å². The Bertz CT molecular complexity index is 1030. The molecule has 1 amide bonds. The van der Waals surface area contributed by atoms with Crippen LogP contribution in [0.1, 0.15) is 30.8 Å². The lowest BCUT2D eigenvalue weighted by atomic mass is 9.99. The maximum Gasteiger partial charge on any atom is 0.223 e. The van der Waals surface area contributed by atoms with Crippen molar-refractivity contribution in [2.24, 2.45) is 0 Å². The average molecular weight is 368 g/mol. The largest absolute Gasteiger partial charge is 0.493 e.